The second kappa shape index (κ2) is 5.79. The summed E-state index contributed by atoms with van der Waals surface area (Å²) in [5, 5.41) is 2.53. The zero-order chi connectivity index (χ0) is 16.6. The Morgan fingerprint density at radius 2 is 1.87 bits per heavy atom. The summed E-state index contributed by atoms with van der Waals surface area (Å²) in [6, 6.07) is 9.40. The second-order valence-corrected chi connectivity index (χ2v) is 5.27. The molecule has 0 spiro atoms. The lowest BCUT2D eigenvalue weighted by molar-refractivity contribution is -0.121. The highest BCUT2D eigenvalue weighted by Crippen LogP contribution is 2.33. The molecule has 0 fully saturated rings. The normalized spacial score (nSPS) is 16.1. The zero-order valence-corrected chi connectivity index (χ0v) is 12.3. The van der Waals surface area contributed by atoms with Crippen molar-refractivity contribution in [1.29, 1.82) is 0 Å². The van der Waals surface area contributed by atoms with Gasteiger partial charge >= 0.3 is 0 Å². The van der Waals surface area contributed by atoms with Crippen LogP contribution in [-0.4, -0.2) is 24.9 Å². The molecule has 4 nitrogen and oxygen atoms in total. The van der Waals surface area contributed by atoms with E-state index in [9.17, 15) is 18.4 Å². The van der Waals surface area contributed by atoms with E-state index in [4.69, 9.17) is 0 Å². The van der Waals surface area contributed by atoms with Gasteiger partial charge in [-0.2, -0.15) is 0 Å². The van der Waals surface area contributed by atoms with E-state index in [2.05, 4.69) is 5.32 Å². The van der Waals surface area contributed by atoms with Gasteiger partial charge in [0.2, 0.25) is 5.91 Å². The third-order valence-corrected chi connectivity index (χ3v) is 3.91. The van der Waals surface area contributed by atoms with E-state index in [1.54, 1.807) is 12.1 Å². The van der Waals surface area contributed by atoms with Crippen LogP contribution in [0.25, 0.3) is 0 Å². The van der Waals surface area contributed by atoms with Gasteiger partial charge in [0, 0.05) is 24.7 Å². The van der Waals surface area contributed by atoms with E-state index in [-0.39, 0.29) is 11.5 Å². The number of fused-ring (bicyclic) bond motifs is 1. The molecule has 2 aromatic carbocycles. The minimum atomic E-state index is -1.10. The third kappa shape index (κ3) is 2.56. The average molecular weight is 316 g/mol. The molecule has 1 heterocycles. The molecule has 0 radical (unpaired) electrons. The summed E-state index contributed by atoms with van der Waals surface area (Å²) in [5.41, 5.74) is 1.46. The molecule has 0 saturated carbocycles. The van der Waals surface area contributed by atoms with Crippen molar-refractivity contribution in [1.82, 2.24) is 5.32 Å². The van der Waals surface area contributed by atoms with E-state index in [0.717, 1.165) is 17.7 Å². The van der Waals surface area contributed by atoms with Gasteiger partial charge in [0.15, 0.2) is 11.6 Å². The van der Waals surface area contributed by atoms with Crippen molar-refractivity contribution in [3.63, 3.8) is 0 Å². The van der Waals surface area contributed by atoms with Crippen LogP contribution in [0.3, 0.4) is 0 Å². The van der Waals surface area contributed by atoms with Crippen molar-refractivity contribution in [2.24, 2.45) is 0 Å². The maximum atomic E-state index is 13.4. The van der Waals surface area contributed by atoms with E-state index in [1.165, 1.54) is 18.0 Å². The van der Waals surface area contributed by atoms with E-state index in [0.29, 0.717) is 12.1 Å². The molecule has 1 atom stereocenters. The first kappa shape index (κ1) is 15.1. The van der Waals surface area contributed by atoms with Crippen molar-refractivity contribution in [3.05, 3.63) is 65.2 Å². The minimum absolute atomic E-state index is 0.00509. The first-order valence-corrected chi connectivity index (χ1v) is 7.11. The predicted octanol–water partition coefficient (Wildman–Crippen LogP) is 2.28. The van der Waals surface area contributed by atoms with Crippen LogP contribution in [0.15, 0.2) is 42.5 Å². The van der Waals surface area contributed by atoms with Gasteiger partial charge in [-0.15, -0.1) is 0 Å². The number of amides is 2. The van der Waals surface area contributed by atoms with Crippen molar-refractivity contribution in [2.75, 3.05) is 11.9 Å². The fourth-order valence-corrected chi connectivity index (χ4v) is 2.78. The molecule has 0 saturated heterocycles. The monoisotopic (exact) mass is 316 g/mol. The summed E-state index contributed by atoms with van der Waals surface area (Å²) in [6.45, 7) is 0. The molecule has 3 rings (SSSR count). The minimum Gasteiger partial charge on any atom is -0.357 e. The number of carbonyl (C=O) groups excluding carboxylic acids is 2. The number of para-hydroxylation sites is 1. The summed E-state index contributed by atoms with van der Waals surface area (Å²) >= 11 is 0. The first-order chi connectivity index (χ1) is 11.0. The Labute approximate surface area is 131 Å². The lowest BCUT2D eigenvalue weighted by Gasteiger charge is -2.24. The van der Waals surface area contributed by atoms with Crippen molar-refractivity contribution < 1.29 is 18.4 Å². The molecule has 6 heteroatoms. The Morgan fingerprint density at radius 1 is 1.13 bits per heavy atom. The molecule has 1 aliphatic heterocycles. The van der Waals surface area contributed by atoms with E-state index in [1.807, 2.05) is 12.1 Å². The second-order valence-electron chi connectivity index (χ2n) is 5.27. The highest BCUT2D eigenvalue weighted by molar-refractivity contribution is 6.11. The average Bonchev–Trinajstić information content (AvgIpc) is 2.95. The lowest BCUT2D eigenvalue weighted by atomic mass is 10.1. The number of carbonyl (C=O) groups is 2. The number of hydrogen-bond acceptors (Lipinski definition) is 2. The SMILES string of the molecule is CNC(=O)C1Cc2ccccc2N1C(=O)c1ccc(F)c(F)c1. The molecule has 1 unspecified atom stereocenters. The Bertz CT molecular complexity index is 792. The molecule has 23 heavy (non-hydrogen) atoms. The molecule has 0 bridgehead atoms. The zero-order valence-electron chi connectivity index (χ0n) is 12.3. The van der Waals surface area contributed by atoms with E-state index >= 15 is 0 Å². The van der Waals surface area contributed by atoms with Gasteiger partial charge in [-0.1, -0.05) is 18.2 Å². The van der Waals surface area contributed by atoms with Crippen LogP contribution in [0.1, 0.15) is 15.9 Å². The number of nitrogens with one attached hydrogen (secondary N) is 1. The van der Waals surface area contributed by atoms with Crippen LogP contribution >= 0.6 is 0 Å². The molecular formula is C17H14F2N2O2. The highest BCUT2D eigenvalue weighted by atomic mass is 19.2. The summed E-state index contributed by atoms with van der Waals surface area (Å²) in [5.74, 6) is -2.97. The molecule has 2 amide bonds. The summed E-state index contributed by atoms with van der Waals surface area (Å²) in [6.07, 6.45) is 0.380. The molecule has 118 valence electrons. The molecule has 1 N–H and O–H groups in total. The van der Waals surface area contributed by atoms with Crippen molar-refractivity contribution >= 4 is 17.5 Å². The Kier molecular flexibility index (Phi) is 3.82. The van der Waals surface area contributed by atoms with Crippen LogP contribution in [0.2, 0.25) is 0 Å². The number of nitrogens with zero attached hydrogens (tertiary/aromatic N) is 1. The number of likely N-dealkylation sites (N-methyl/N-ethyl adjacent to an activating group) is 1. The highest BCUT2D eigenvalue weighted by Gasteiger charge is 2.38. The number of rotatable bonds is 2. The van der Waals surface area contributed by atoms with Crippen LogP contribution in [0.5, 0.6) is 0 Å². The Hall–Kier alpha value is -2.76. The molecule has 2 aromatic rings. The van der Waals surface area contributed by atoms with Crippen LogP contribution < -0.4 is 10.2 Å². The maximum Gasteiger partial charge on any atom is 0.259 e. The smallest absolute Gasteiger partial charge is 0.259 e. The quantitative estimate of drug-likeness (QED) is 0.924. The number of halogens is 2. The number of benzene rings is 2. The van der Waals surface area contributed by atoms with Crippen LogP contribution in [-0.2, 0) is 11.2 Å². The maximum absolute atomic E-state index is 13.4. The molecule has 0 aromatic heterocycles. The molecule has 0 aliphatic carbocycles. The molecular weight excluding hydrogens is 302 g/mol. The predicted molar refractivity (Wildman–Crippen MR) is 81.2 cm³/mol. The molecule has 1 aliphatic rings. The Balaban J connectivity index is 2.04. The first-order valence-electron chi connectivity index (χ1n) is 7.11. The Morgan fingerprint density at radius 3 is 2.57 bits per heavy atom. The summed E-state index contributed by atoms with van der Waals surface area (Å²) in [4.78, 5) is 26.2. The topological polar surface area (TPSA) is 49.4 Å². The van der Waals surface area contributed by atoms with Crippen LogP contribution in [0.4, 0.5) is 14.5 Å². The fraction of sp³-hybridized carbons (Fsp3) is 0.176. The van der Waals surface area contributed by atoms with Gasteiger partial charge in [0.05, 0.1) is 0 Å². The van der Waals surface area contributed by atoms with Crippen molar-refractivity contribution in [2.45, 2.75) is 12.5 Å². The van der Waals surface area contributed by atoms with Gasteiger partial charge in [-0.25, -0.2) is 8.78 Å². The van der Waals surface area contributed by atoms with Gasteiger partial charge < -0.3 is 5.32 Å². The summed E-state index contributed by atoms with van der Waals surface area (Å²) < 4.78 is 26.5. The van der Waals surface area contributed by atoms with Crippen molar-refractivity contribution in [3.8, 4) is 0 Å². The fourth-order valence-electron chi connectivity index (χ4n) is 2.78. The van der Waals surface area contributed by atoms with Gasteiger partial charge in [-0.05, 0) is 29.8 Å². The lowest BCUT2D eigenvalue weighted by Crippen LogP contribution is -2.47. The summed E-state index contributed by atoms with van der Waals surface area (Å²) in [7, 11) is 1.49. The van der Waals surface area contributed by atoms with E-state index < -0.39 is 23.6 Å². The standard InChI is InChI=1S/C17H14F2N2O2/c1-20-16(22)15-9-10-4-2-3-5-14(10)21(15)17(23)11-6-7-12(18)13(19)8-11/h2-8,15H,9H2,1H3,(H,20,22). The largest absolute Gasteiger partial charge is 0.357 e. The number of hydrogen-bond donors (Lipinski definition) is 1. The number of anilines is 1. The van der Waals surface area contributed by atoms with Crippen LogP contribution in [0, 0.1) is 11.6 Å². The third-order valence-electron chi connectivity index (χ3n) is 3.91. The van der Waals surface area contributed by atoms with Gasteiger partial charge in [0.25, 0.3) is 5.91 Å². The van der Waals surface area contributed by atoms with Gasteiger partial charge in [-0.3, -0.25) is 14.5 Å². The van der Waals surface area contributed by atoms with Gasteiger partial charge in [0.1, 0.15) is 6.04 Å².